The Morgan fingerprint density at radius 3 is 3.10 bits per heavy atom. The first-order chi connectivity index (χ1) is 9.74. The molecule has 1 fully saturated rings. The molecule has 106 valence electrons. The van der Waals surface area contributed by atoms with Gasteiger partial charge in [0, 0.05) is 19.3 Å². The lowest BCUT2D eigenvalue weighted by atomic mass is 10.1. The standard InChI is InChI=1S/C14H19N5O/c1-10-7-16-18-14(10)13-9-20-6-5-19(13)8-12-3-4-15-11(2)17-12/h3-4,7,13H,5-6,8-9H2,1-2H3,(H,16,18)/t13-/m1/s1. The summed E-state index contributed by atoms with van der Waals surface area (Å²) in [5.74, 6) is 0.810. The lowest BCUT2D eigenvalue weighted by Gasteiger charge is -2.35. The molecule has 0 bridgehead atoms. The van der Waals surface area contributed by atoms with Crippen LogP contribution >= 0.6 is 0 Å². The van der Waals surface area contributed by atoms with Gasteiger partial charge in [-0.05, 0) is 25.5 Å². The first kappa shape index (κ1) is 13.2. The van der Waals surface area contributed by atoms with E-state index in [0.29, 0.717) is 6.61 Å². The second-order valence-corrected chi connectivity index (χ2v) is 5.12. The van der Waals surface area contributed by atoms with Crippen LogP contribution in [0.2, 0.25) is 0 Å². The predicted octanol–water partition coefficient (Wildman–Crippen LogP) is 1.39. The van der Waals surface area contributed by atoms with Crippen LogP contribution in [0.1, 0.15) is 28.8 Å². The Kier molecular flexibility index (Phi) is 3.75. The summed E-state index contributed by atoms with van der Waals surface area (Å²) in [6, 6.07) is 2.18. The van der Waals surface area contributed by atoms with Crippen LogP contribution in [0.5, 0.6) is 0 Å². The number of rotatable bonds is 3. The molecule has 1 saturated heterocycles. The lowest BCUT2D eigenvalue weighted by Crippen LogP contribution is -2.39. The molecule has 2 aromatic heterocycles. The van der Waals surface area contributed by atoms with E-state index in [1.54, 1.807) is 0 Å². The molecule has 0 aromatic carbocycles. The summed E-state index contributed by atoms with van der Waals surface area (Å²) in [6.07, 6.45) is 3.67. The van der Waals surface area contributed by atoms with Crippen LogP contribution < -0.4 is 0 Å². The van der Waals surface area contributed by atoms with E-state index in [4.69, 9.17) is 4.74 Å². The maximum absolute atomic E-state index is 5.63. The zero-order chi connectivity index (χ0) is 13.9. The third kappa shape index (κ3) is 2.71. The van der Waals surface area contributed by atoms with Crippen LogP contribution in [0.25, 0.3) is 0 Å². The summed E-state index contributed by atoms with van der Waals surface area (Å²) in [4.78, 5) is 11.0. The number of aromatic amines is 1. The lowest BCUT2D eigenvalue weighted by molar-refractivity contribution is -0.0150. The minimum absolute atomic E-state index is 0.210. The number of aryl methyl sites for hydroxylation is 2. The molecule has 1 atom stereocenters. The number of hydrogen-bond acceptors (Lipinski definition) is 5. The van der Waals surface area contributed by atoms with Gasteiger partial charge in [0.15, 0.2) is 0 Å². The van der Waals surface area contributed by atoms with Gasteiger partial charge in [0.2, 0.25) is 0 Å². The van der Waals surface area contributed by atoms with Gasteiger partial charge in [-0.25, -0.2) is 9.97 Å². The molecule has 0 unspecified atom stereocenters. The van der Waals surface area contributed by atoms with Gasteiger partial charge in [-0.3, -0.25) is 10.00 Å². The highest BCUT2D eigenvalue weighted by atomic mass is 16.5. The molecule has 20 heavy (non-hydrogen) atoms. The van der Waals surface area contributed by atoms with Crippen molar-refractivity contribution >= 4 is 0 Å². The zero-order valence-electron chi connectivity index (χ0n) is 11.8. The van der Waals surface area contributed by atoms with Crippen molar-refractivity contribution in [2.24, 2.45) is 0 Å². The van der Waals surface area contributed by atoms with Crippen LogP contribution in [-0.2, 0) is 11.3 Å². The van der Waals surface area contributed by atoms with Crippen molar-refractivity contribution in [3.8, 4) is 0 Å². The average molecular weight is 273 g/mol. The fourth-order valence-corrected chi connectivity index (χ4v) is 2.59. The number of nitrogens with one attached hydrogen (secondary N) is 1. The van der Waals surface area contributed by atoms with E-state index in [1.807, 2.05) is 25.4 Å². The second-order valence-electron chi connectivity index (χ2n) is 5.12. The van der Waals surface area contributed by atoms with Crippen molar-refractivity contribution < 1.29 is 4.74 Å². The summed E-state index contributed by atoms with van der Waals surface area (Å²) in [7, 11) is 0. The van der Waals surface area contributed by atoms with Crippen molar-refractivity contribution in [2.75, 3.05) is 19.8 Å². The smallest absolute Gasteiger partial charge is 0.125 e. The summed E-state index contributed by atoms with van der Waals surface area (Å²) < 4.78 is 5.63. The highest BCUT2D eigenvalue weighted by Gasteiger charge is 2.27. The maximum atomic E-state index is 5.63. The maximum Gasteiger partial charge on any atom is 0.125 e. The van der Waals surface area contributed by atoms with E-state index in [9.17, 15) is 0 Å². The van der Waals surface area contributed by atoms with Gasteiger partial charge in [-0.2, -0.15) is 5.10 Å². The second kappa shape index (κ2) is 5.68. The van der Waals surface area contributed by atoms with E-state index < -0.39 is 0 Å². The topological polar surface area (TPSA) is 66.9 Å². The van der Waals surface area contributed by atoms with Crippen LogP contribution in [0, 0.1) is 13.8 Å². The number of aromatic nitrogens is 4. The summed E-state index contributed by atoms with van der Waals surface area (Å²) in [5, 5.41) is 7.22. The van der Waals surface area contributed by atoms with Gasteiger partial charge in [-0.1, -0.05) is 0 Å². The SMILES string of the molecule is Cc1nccc(CN2CCOC[C@@H]2c2[nH]ncc2C)n1. The van der Waals surface area contributed by atoms with E-state index >= 15 is 0 Å². The molecular weight excluding hydrogens is 254 g/mol. The first-order valence-electron chi connectivity index (χ1n) is 6.84. The van der Waals surface area contributed by atoms with Crippen LogP contribution in [-0.4, -0.2) is 44.8 Å². The highest BCUT2D eigenvalue weighted by molar-refractivity contribution is 5.19. The molecule has 1 aliphatic heterocycles. The number of nitrogens with zero attached hydrogens (tertiary/aromatic N) is 4. The fraction of sp³-hybridized carbons (Fsp3) is 0.500. The Balaban J connectivity index is 1.81. The molecule has 0 amide bonds. The first-order valence-corrected chi connectivity index (χ1v) is 6.84. The summed E-state index contributed by atoms with van der Waals surface area (Å²) >= 11 is 0. The minimum atomic E-state index is 0.210. The van der Waals surface area contributed by atoms with Crippen molar-refractivity contribution in [2.45, 2.75) is 26.4 Å². The molecule has 2 aromatic rings. The van der Waals surface area contributed by atoms with Crippen LogP contribution in [0.3, 0.4) is 0 Å². The molecule has 0 radical (unpaired) electrons. The Labute approximate surface area is 118 Å². The Bertz CT molecular complexity index is 582. The Morgan fingerprint density at radius 2 is 2.35 bits per heavy atom. The third-order valence-corrected chi connectivity index (χ3v) is 3.64. The molecule has 6 nitrogen and oxygen atoms in total. The van der Waals surface area contributed by atoms with Crippen molar-refractivity contribution in [3.05, 3.63) is 41.2 Å². The van der Waals surface area contributed by atoms with Gasteiger partial charge in [0.1, 0.15) is 5.82 Å². The zero-order valence-corrected chi connectivity index (χ0v) is 11.8. The minimum Gasteiger partial charge on any atom is -0.378 e. The fourth-order valence-electron chi connectivity index (χ4n) is 2.59. The molecule has 1 N–H and O–H groups in total. The van der Waals surface area contributed by atoms with Crippen molar-refractivity contribution in [3.63, 3.8) is 0 Å². The van der Waals surface area contributed by atoms with Gasteiger partial charge < -0.3 is 4.74 Å². The normalized spacial score (nSPS) is 20.2. The summed E-state index contributed by atoms with van der Waals surface area (Å²) in [5.41, 5.74) is 3.35. The van der Waals surface area contributed by atoms with Crippen LogP contribution in [0.4, 0.5) is 0 Å². The quantitative estimate of drug-likeness (QED) is 0.915. The van der Waals surface area contributed by atoms with E-state index in [0.717, 1.165) is 36.9 Å². The number of ether oxygens (including phenoxy) is 1. The molecule has 1 aliphatic rings. The monoisotopic (exact) mass is 273 g/mol. The van der Waals surface area contributed by atoms with Gasteiger partial charge in [0.05, 0.1) is 36.8 Å². The number of H-pyrrole nitrogens is 1. The predicted molar refractivity (Wildman–Crippen MR) is 74.1 cm³/mol. The molecule has 3 rings (SSSR count). The van der Waals surface area contributed by atoms with Crippen molar-refractivity contribution in [1.82, 2.24) is 25.1 Å². The average Bonchev–Trinajstić information content (AvgIpc) is 2.86. The Morgan fingerprint density at radius 1 is 1.45 bits per heavy atom. The molecule has 0 spiro atoms. The molecule has 3 heterocycles. The molecule has 0 aliphatic carbocycles. The number of hydrogen-bond donors (Lipinski definition) is 1. The van der Waals surface area contributed by atoms with E-state index in [2.05, 4.69) is 32.0 Å². The third-order valence-electron chi connectivity index (χ3n) is 3.64. The van der Waals surface area contributed by atoms with Crippen molar-refractivity contribution in [1.29, 1.82) is 0 Å². The molecule has 0 saturated carbocycles. The molecular formula is C14H19N5O. The highest BCUT2D eigenvalue weighted by Crippen LogP contribution is 2.26. The number of morpholine rings is 1. The van der Waals surface area contributed by atoms with E-state index in [1.165, 1.54) is 5.56 Å². The van der Waals surface area contributed by atoms with Gasteiger partial charge >= 0.3 is 0 Å². The molecule has 6 heteroatoms. The van der Waals surface area contributed by atoms with Crippen LogP contribution in [0.15, 0.2) is 18.5 Å². The Hall–Kier alpha value is -1.79. The summed E-state index contributed by atoms with van der Waals surface area (Å²) in [6.45, 7) is 7.13. The van der Waals surface area contributed by atoms with Gasteiger partial charge in [-0.15, -0.1) is 0 Å². The van der Waals surface area contributed by atoms with E-state index in [-0.39, 0.29) is 6.04 Å². The van der Waals surface area contributed by atoms with Gasteiger partial charge in [0.25, 0.3) is 0 Å². The largest absolute Gasteiger partial charge is 0.378 e.